The van der Waals surface area contributed by atoms with E-state index in [-0.39, 0.29) is 17.4 Å². The Balaban J connectivity index is 1.95. The molecule has 21 heavy (non-hydrogen) atoms. The lowest BCUT2D eigenvalue weighted by Gasteiger charge is -2.43. The Hall–Kier alpha value is -1.20. The monoisotopic (exact) mass is 296 g/mol. The molecule has 2 fully saturated rings. The number of halogens is 2. The van der Waals surface area contributed by atoms with E-state index in [1.807, 2.05) is 0 Å². The number of ether oxygens (including phenoxy) is 1. The maximum Gasteiger partial charge on any atom is 0.134 e. The van der Waals surface area contributed by atoms with E-state index in [1.54, 1.807) is 0 Å². The van der Waals surface area contributed by atoms with E-state index in [0.717, 1.165) is 45.4 Å². The lowest BCUT2D eigenvalue weighted by Crippen LogP contribution is -2.48. The van der Waals surface area contributed by atoms with E-state index >= 15 is 0 Å². The average molecular weight is 296 g/mol. The number of nitrogens with one attached hydrogen (secondary N) is 1. The number of hydrogen-bond donors (Lipinski definition) is 1. The van der Waals surface area contributed by atoms with Gasteiger partial charge in [-0.1, -0.05) is 6.42 Å². The summed E-state index contributed by atoms with van der Waals surface area (Å²) >= 11 is 0. The molecule has 0 spiro atoms. The molecule has 1 aliphatic heterocycles. The van der Waals surface area contributed by atoms with Crippen molar-refractivity contribution in [2.45, 2.75) is 25.3 Å². The van der Waals surface area contributed by atoms with Gasteiger partial charge in [-0.05, 0) is 18.8 Å². The van der Waals surface area contributed by atoms with Gasteiger partial charge in [0.1, 0.15) is 17.4 Å². The molecule has 0 unspecified atom stereocenters. The third kappa shape index (κ3) is 2.90. The summed E-state index contributed by atoms with van der Waals surface area (Å²) in [4.78, 5) is 2.23. The predicted octanol–water partition coefficient (Wildman–Crippen LogP) is 2.72. The summed E-state index contributed by atoms with van der Waals surface area (Å²) in [5, 5.41) is 3.29. The lowest BCUT2D eigenvalue weighted by atomic mass is 9.76. The van der Waals surface area contributed by atoms with Crippen molar-refractivity contribution in [3.63, 3.8) is 0 Å². The molecule has 1 aromatic carbocycles. The summed E-state index contributed by atoms with van der Waals surface area (Å²) in [5.74, 6) is -0.369. The van der Waals surface area contributed by atoms with Gasteiger partial charge >= 0.3 is 0 Å². The Kier molecular flexibility index (Phi) is 4.40. The molecule has 3 rings (SSSR count). The van der Waals surface area contributed by atoms with Crippen molar-refractivity contribution in [3.05, 3.63) is 29.3 Å². The van der Waals surface area contributed by atoms with E-state index in [9.17, 15) is 8.78 Å². The van der Waals surface area contributed by atoms with Crippen molar-refractivity contribution in [1.29, 1.82) is 0 Å². The highest BCUT2D eigenvalue weighted by atomic mass is 19.1. The minimum Gasteiger partial charge on any atom is -0.497 e. The smallest absolute Gasteiger partial charge is 0.134 e. The SMILES string of the molecule is COc1cc(F)c([C@@H](C2CCC2)N2CCNCC2)c(F)c1. The minimum atomic E-state index is -0.484. The van der Waals surface area contributed by atoms with Crippen LogP contribution in [-0.2, 0) is 0 Å². The maximum absolute atomic E-state index is 14.5. The molecule has 0 amide bonds. The van der Waals surface area contributed by atoms with Crippen molar-refractivity contribution in [3.8, 4) is 5.75 Å². The van der Waals surface area contributed by atoms with E-state index in [1.165, 1.54) is 19.2 Å². The van der Waals surface area contributed by atoms with Crippen LogP contribution in [0.25, 0.3) is 0 Å². The van der Waals surface area contributed by atoms with Gasteiger partial charge in [-0.15, -0.1) is 0 Å². The third-order valence-electron chi connectivity index (χ3n) is 4.73. The number of benzene rings is 1. The highest BCUT2D eigenvalue weighted by molar-refractivity contribution is 5.33. The molecule has 1 atom stereocenters. The molecule has 116 valence electrons. The van der Waals surface area contributed by atoms with Crippen molar-refractivity contribution in [1.82, 2.24) is 10.2 Å². The van der Waals surface area contributed by atoms with Crippen LogP contribution >= 0.6 is 0 Å². The molecule has 5 heteroatoms. The van der Waals surface area contributed by atoms with Gasteiger partial charge in [0.05, 0.1) is 7.11 Å². The van der Waals surface area contributed by atoms with Crippen LogP contribution in [0, 0.1) is 17.6 Å². The van der Waals surface area contributed by atoms with Crippen LogP contribution < -0.4 is 10.1 Å². The fourth-order valence-electron chi connectivity index (χ4n) is 3.39. The number of piperazine rings is 1. The molecule has 0 radical (unpaired) electrons. The van der Waals surface area contributed by atoms with E-state index < -0.39 is 11.6 Å². The number of methoxy groups -OCH3 is 1. The van der Waals surface area contributed by atoms with Gasteiger partial charge in [-0.3, -0.25) is 4.90 Å². The predicted molar refractivity (Wildman–Crippen MR) is 77.4 cm³/mol. The van der Waals surface area contributed by atoms with Gasteiger partial charge in [0.2, 0.25) is 0 Å². The highest BCUT2D eigenvalue weighted by Crippen LogP contribution is 2.43. The molecular weight excluding hydrogens is 274 g/mol. The van der Waals surface area contributed by atoms with Crippen LogP contribution in [0.15, 0.2) is 12.1 Å². The van der Waals surface area contributed by atoms with Crippen molar-refractivity contribution in [2.24, 2.45) is 5.92 Å². The molecule has 0 bridgehead atoms. The first kappa shape index (κ1) is 14.7. The van der Waals surface area contributed by atoms with Crippen molar-refractivity contribution >= 4 is 0 Å². The first-order valence-electron chi connectivity index (χ1n) is 7.68. The Morgan fingerprint density at radius 2 is 1.81 bits per heavy atom. The van der Waals surface area contributed by atoms with E-state index in [4.69, 9.17) is 4.74 Å². The van der Waals surface area contributed by atoms with Gasteiger partial charge in [-0.2, -0.15) is 0 Å². The van der Waals surface area contributed by atoms with Crippen molar-refractivity contribution < 1.29 is 13.5 Å². The second-order valence-corrected chi connectivity index (χ2v) is 5.93. The van der Waals surface area contributed by atoms with Gasteiger partial charge in [0.25, 0.3) is 0 Å². The van der Waals surface area contributed by atoms with E-state index in [2.05, 4.69) is 10.2 Å². The second-order valence-electron chi connectivity index (χ2n) is 5.93. The Labute approximate surface area is 124 Å². The molecule has 1 saturated carbocycles. The van der Waals surface area contributed by atoms with Crippen LogP contribution in [0.2, 0.25) is 0 Å². The lowest BCUT2D eigenvalue weighted by molar-refractivity contribution is 0.0783. The fourth-order valence-corrected chi connectivity index (χ4v) is 3.39. The van der Waals surface area contributed by atoms with Crippen LogP contribution in [0.5, 0.6) is 5.75 Å². The molecule has 1 heterocycles. The van der Waals surface area contributed by atoms with E-state index in [0.29, 0.717) is 5.92 Å². The van der Waals surface area contributed by atoms with Gasteiger partial charge in [0, 0.05) is 49.9 Å². The molecule has 2 aliphatic rings. The summed E-state index contributed by atoms with van der Waals surface area (Å²) in [5.41, 5.74) is 0.224. The average Bonchev–Trinajstić information content (AvgIpc) is 2.44. The second kappa shape index (κ2) is 6.28. The Morgan fingerprint density at radius 3 is 2.29 bits per heavy atom. The zero-order chi connectivity index (χ0) is 14.8. The summed E-state index contributed by atoms with van der Waals surface area (Å²) in [6.07, 6.45) is 3.27. The molecule has 1 aromatic rings. The first-order chi connectivity index (χ1) is 10.2. The number of hydrogen-bond acceptors (Lipinski definition) is 3. The summed E-state index contributed by atoms with van der Waals surface area (Å²) in [6, 6.07) is 2.45. The topological polar surface area (TPSA) is 24.5 Å². The summed E-state index contributed by atoms with van der Waals surface area (Å²) in [7, 11) is 1.42. The summed E-state index contributed by atoms with van der Waals surface area (Å²) in [6.45, 7) is 3.43. The molecule has 0 aromatic heterocycles. The first-order valence-corrected chi connectivity index (χ1v) is 7.68. The van der Waals surface area contributed by atoms with Crippen LogP contribution in [0.4, 0.5) is 8.78 Å². The number of nitrogens with zero attached hydrogens (tertiary/aromatic N) is 1. The van der Waals surface area contributed by atoms with Gasteiger partial charge in [0.15, 0.2) is 0 Å². The van der Waals surface area contributed by atoms with Crippen molar-refractivity contribution in [2.75, 3.05) is 33.3 Å². The van der Waals surface area contributed by atoms with Gasteiger partial charge < -0.3 is 10.1 Å². The molecule has 1 saturated heterocycles. The molecule has 1 N–H and O–H groups in total. The van der Waals surface area contributed by atoms with Crippen LogP contribution in [-0.4, -0.2) is 38.2 Å². The quantitative estimate of drug-likeness (QED) is 0.924. The maximum atomic E-state index is 14.5. The highest BCUT2D eigenvalue weighted by Gasteiger charge is 2.37. The van der Waals surface area contributed by atoms with Gasteiger partial charge in [-0.25, -0.2) is 8.78 Å². The Morgan fingerprint density at radius 1 is 1.19 bits per heavy atom. The molecule has 1 aliphatic carbocycles. The zero-order valence-corrected chi connectivity index (χ0v) is 12.4. The zero-order valence-electron chi connectivity index (χ0n) is 12.4. The molecular formula is C16H22F2N2O. The van der Waals surface area contributed by atoms with Crippen LogP contribution in [0.3, 0.4) is 0 Å². The fraction of sp³-hybridized carbons (Fsp3) is 0.625. The summed E-state index contributed by atoms with van der Waals surface area (Å²) < 4.78 is 33.9. The normalized spacial score (nSPS) is 21.9. The third-order valence-corrected chi connectivity index (χ3v) is 4.73. The minimum absolute atomic E-state index is 0.147. The standard InChI is InChI=1S/C16H22F2N2O/c1-21-12-9-13(17)15(14(18)10-12)16(11-3-2-4-11)20-7-5-19-6-8-20/h9-11,16,19H,2-8H2,1H3/t16-/m1/s1. The largest absolute Gasteiger partial charge is 0.497 e. The Bertz CT molecular complexity index is 476. The van der Waals surface area contributed by atoms with Crippen LogP contribution in [0.1, 0.15) is 30.9 Å². The number of rotatable bonds is 4. The molecule has 3 nitrogen and oxygen atoms in total.